The SMILES string of the molecule is Cc1ncsc1-c1ccc(CNC(=O)[C@@H]2C[C@@H](O)CN2C(=O)[C@@H](NC(=O)CN2CCN(C3CN(CCNC(=O)OC(C)(C)C)C3)CC2)C(C)(C)C)cc1. The lowest BCUT2D eigenvalue weighted by Gasteiger charge is -2.48. The molecule has 5 rings (SSSR count). The zero-order chi connectivity index (χ0) is 38.5. The molecule has 4 amide bonds. The van der Waals surface area contributed by atoms with Gasteiger partial charge in [-0.1, -0.05) is 45.0 Å². The van der Waals surface area contributed by atoms with Crippen molar-refractivity contribution in [2.24, 2.45) is 5.41 Å². The molecule has 53 heavy (non-hydrogen) atoms. The number of aliphatic hydroxyl groups excluding tert-OH is 1. The topological polar surface area (TPSA) is 160 Å². The zero-order valence-corrected chi connectivity index (χ0v) is 33.1. The van der Waals surface area contributed by atoms with Crippen molar-refractivity contribution in [3.63, 3.8) is 0 Å². The molecular weight excluding hydrogens is 697 g/mol. The first-order valence-electron chi connectivity index (χ1n) is 18.7. The Bertz CT molecular complexity index is 1570. The molecular formula is C38H58N8O6S. The number of hydrogen-bond donors (Lipinski definition) is 4. The number of thiazole rings is 1. The molecule has 14 nitrogen and oxygen atoms in total. The molecule has 4 N–H and O–H groups in total. The Balaban J connectivity index is 1.06. The van der Waals surface area contributed by atoms with Gasteiger partial charge in [-0.3, -0.25) is 29.1 Å². The van der Waals surface area contributed by atoms with E-state index in [1.54, 1.807) is 11.3 Å². The smallest absolute Gasteiger partial charge is 0.407 e. The van der Waals surface area contributed by atoms with Crippen molar-refractivity contribution in [3.8, 4) is 10.4 Å². The summed E-state index contributed by atoms with van der Waals surface area (Å²) in [7, 11) is 0. The van der Waals surface area contributed by atoms with Gasteiger partial charge >= 0.3 is 6.09 Å². The van der Waals surface area contributed by atoms with Crippen LogP contribution in [-0.2, 0) is 25.7 Å². The molecule has 0 bridgehead atoms. The van der Waals surface area contributed by atoms with E-state index >= 15 is 0 Å². The lowest BCUT2D eigenvalue weighted by atomic mass is 9.85. The summed E-state index contributed by atoms with van der Waals surface area (Å²) in [5.74, 6) is -0.939. The van der Waals surface area contributed by atoms with Crippen LogP contribution < -0.4 is 16.0 Å². The van der Waals surface area contributed by atoms with Crippen LogP contribution in [0.1, 0.15) is 59.2 Å². The highest BCUT2D eigenvalue weighted by molar-refractivity contribution is 7.13. The number of β-amino-alcohol motifs (C(OH)–C–C–N with tert-alkyl or cyclic N) is 1. The lowest BCUT2D eigenvalue weighted by molar-refractivity contribution is -0.144. The van der Waals surface area contributed by atoms with Crippen LogP contribution in [0.3, 0.4) is 0 Å². The summed E-state index contributed by atoms with van der Waals surface area (Å²) < 4.78 is 5.29. The number of aliphatic hydroxyl groups is 1. The predicted molar refractivity (Wildman–Crippen MR) is 204 cm³/mol. The van der Waals surface area contributed by atoms with E-state index in [0.717, 1.165) is 67.5 Å². The number of likely N-dealkylation sites (tertiary alicyclic amines) is 2. The number of carbonyl (C=O) groups is 4. The molecule has 0 saturated carbocycles. The number of nitrogens with zero attached hydrogens (tertiary/aromatic N) is 5. The van der Waals surface area contributed by atoms with Gasteiger partial charge in [0.2, 0.25) is 17.7 Å². The fourth-order valence-corrected chi connectivity index (χ4v) is 7.87. The Hall–Kier alpha value is -3.63. The van der Waals surface area contributed by atoms with Crippen LogP contribution in [0.25, 0.3) is 10.4 Å². The van der Waals surface area contributed by atoms with Crippen molar-refractivity contribution in [3.05, 3.63) is 41.0 Å². The van der Waals surface area contributed by atoms with E-state index in [2.05, 4.69) is 35.6 Å². The second kappa shape index (κ2) is 17.2. The molecule has 292 valence electrons. The highest BCUT2D eigenvalue weighted by Crippen LogP contribution is 2.28. The number of benzene rings is 1. The molecule has 15 heteroatoms. The normalized spacial score (nSPS) is 21.2. The molecule has 1 aromatic carbocycles. The van der Waals surface area contributed by atoms with Crippen molar-refractivity contribution in [2.75, 3.05) is 65.4 Å². The van der Waals surface area contributed by atoms with Crippen LogP contribution in [0, 0.1) is 12.3 Å². The summed E-state index contributed by atoms with van der Waals surface area (Å²) in [5.41, 5.74) is 3.64. The zero-order valence-electron chi connectivity index (χ0n) is 32.3. The molecule has 4 heterocycles. The molecule has 1 aromatic heterocycles. The second-order valence-electron chi connectivity index (χ2n) is 16.6. The van der Waals surface area contributed by atoms with Gasteiger partial charge in [-0.25, -0.2) is 9.78 Å². The second-order valence-corrected chi connectivity index (χ2v) is 17.5. The van der Waals surface area contributed by atoms with Crippen LogP contribution in [0.15, 0.2) is 29.8 Å². The maximum absolute atomic E-state index is 14.0. The van der Waals surface area contributed by atoms with Gasteiger partial charge in [0.1, 0.15) is 17.7 Å². The summed E-state index contributed by atoms with van der Waals surface area (Å²) in [6, 6.07) is 6.69. The quantitative estimate of drug-likeness (QED) is 0.253. The fraction of sp³-hybridized carbons (Fsp3) is 0.658. The number of nitrogens with one attached hydrogen (secondary N) is 3. The van der Waals surface area contributed by atoms with Crippen LogP contribution >= 0.6 is 11.3 Å². The molecule has 3 fully saturated rings. The summed E-state index contributed by atoms with van der Waals surface area (Å²) >= 11 is 1.58. The van der Waals surface area contributed by atoms with Crippen molar-refractivity contribution < 1.29 is 29.0 Å². The largest absolute Gasteiger partial charge is 0.444 e. The Morgan fingerprint density at radius 1 is 0.962 bits per heavy atom. The van der Waals surface area contributed by atoms with E-state index < -0.39 is 35.3 Å². The van der Waals surface area contributed by atoms with E-state index in [1.807, 2.05) is 78.2 Å². The van der Waals surface area contributed by atoms with Gasteiger partial charge in [-0.05, 0) is 44.2 Å². The first-order chi connectivity index (χ1) is 25.0. The van der Waals surface area contributed by atoms with Crippen molar-refractivity contribution in [1.29, 1.82) is 0 Å². The van der Waals surface area contributed by atoms with E-state index in [-0.39, 0.29) is 43.8 Å². The maximum Gasteiger partial charge on any atom is 0.407 e. The third kappa shape index (κ3) is 11.2. The van der Waals surface area contributed by atoms with Gasteiger partial charge < -0.3 is 30.7 Å². The predicted octanol–water partition coefficient (Wildman–Crippen LogP) is 2.05. The fourth-order valence-electron chi connectivity index (χ4n) is 7.06. The number of piperazine rings is 1. The van der Waals surface area contributed by atoms with Crippen LogP contribution in [0.4, 0.5) is 4.79 Å². The van der Waals surface area contributed by atoms with Crippen molar-refractivity contribution >= 4 is 35.2 Å². The van der Waals surface area contributed by atoms with Crippen LogP contribution in [-0.4, -0.2) is 149 Å². The molecule has 3 atom stereocenters. The lowest BCUT2D eigenvalue weighted by Crippen LogP contribution is -2.64. The highest BCUT2D eigenvalue weighted by atomic mass is 32.1. The summed E-state index contributed by atoms with van der Waals surface area (Å²) in [6.07, 6.45) is -1.09. The van der Waals surface area contributed by atoms with Gasteiger partial charge in [0.15, 0.2) is 0 Å². The van der Waals surface area contributed by atoms with Gasteiger partial charge in [-0.2, -0.15) is 0 Å². The minimum Gasteiger partial charge on any atom is -0.444 e. The number of amides is 4. The first-order valence-corrected chi connectivity index (χ1v) is 19.6. The number of carbonyl (C=O) groups excluding carboxylic acids is 4. The van der Waals surface area contributed by atoms with Crippen LogP contribution in [0.5, 0.6) is 0 Å². The number of alkyl carbamates (subject to hydrolysis) is 1. The Kier molecular flexibility index (Phi) is 13.2. The summed E-state index contributed by atoms with van der Waals surface area (Å²) in [6.45, 7) is 20.1. The average molecular weight is 755 g/mol. The first kappa shape index (κ1) is 40.6. The third-order valence-electron chi connectivity index (χ3n) is 10.0. The van der Waals surface area contributed by atoms with E-state index in [0.29, 0.717) is 12.6 Å². The minimum absolute atomic E-state index is 0.0308. The van der Waals surface area contributed by atoms with Gasteiger partial charge in [0.25, 0.3) is 0 Å². The van der Waals surface area contributed by atoms with Gasteiger partial charge in [-0.15, -0.1) is 11.3 Å². The van der Waals surface area contributed by atoms with E-state index in [9.17, 15) is 24.3 Å². The maximum atomic E-state index is 14.0. The monoisotopic (exact) mass is 754 g/mol. The molecule has 0 aliphatic carbocycles. The number of ether oxygens (including phenoxy) is 1. The number of rotatable bonds is 12. The number of aryl methyl sites for hydroxylation is 1. The number of aromatic nitrogens is 1. The molecule has 0 spiro atoms. The molecule has 0 unspecified atom stereocenters. The average Bonchev–Trinajstić information content (AvgIpc) is 3.68. The minimum atomic E-state index is -0.870. The van der Waals surface area contributed by atoms with Crippen molar-refractivity contribution in [1.82, 2.24) is 40.5 Å². The Labute approximate surface area is 317 Å². The standard InChI is InChI=1S/C38H58N8O6S/c1-25-32(53-24-41-25)27-10-8-26(9-11-27)19-40-34(49)30-18-29(47)22-46(30)35(50)33(37(2,3)4)42-31(48)23-43-14-16-45(17-15-43)28-20-44(21-28)13-12-39-36(51)52-38(5,6)7/h8-11,24,28-30,33,47H,12-23H2,1-7H3,(H,39,51)(H,40,49)(H,42,48)/t29-,30+,33-/m1/s1. The van der Waals surface area contributed by atoms with Gasteiger partial charge in [0, 0.05) is 77.9 Å². The third-order valence-corrected chi connectivity index (χ3v) is 11.0. The Morgan fingerprint density at radius 2 is 1.64 bits per heavy atom. The molecule has 3 saturated heterocycles. The van der Waals surface area contributed by atoms with Crippen LogP contribution in [0.2, 0.25) is 0 Å². The molecule has 2 aromatic rings. The summed E-state index contributed by atoms with van der Waals surface area (Å²) in [4.78, 5) is 66.4. The van der Waals surface area contributed by atoms with E-state index in [1.165, 1.54) is 4.90 Å². The molecule has 3 aliphatic heterocycles. The van der Waals surface area contributed by atoms with Crippen molar-refractivity contribution in [2.45, 2.75) is 91.3 Å². The molecule has 3 aliphatic rings. The molecule has 0 radical (unpaired) electrons. The number of hydrogen-bond acceptors (Lipinski definition) is 11. The Morgan fingerprint density at radius 3 is 2.25 bits per heavy atom. The highest BCUT2D eigenvalue weighted by Gasteiger charge is 2.44. The summed E-state index contributed by atoms with van der Waals surface area (Å²) in [5, 5.41) is 19.3. The van der Waals surface area contributed by atoms with E-state index in [4.69, 9.17) is 4.74 Å². The van der Waals surface area contributed by atoms with Gasteiger partial charge in [0.05, 0.1) is 28.7 Å².